The Kier molecular flexibility index (Phi) is 3.90. The molecule has 1 aliphatic heterocycles. The van der Waals surface area contributed by atoms with Crippen molar-refractivity contribution in [2.24, 2.45) is 0 Å². The van der Waals surface area contributed by atoms with Crippen LogP contribution in [0.2, 0.25) is 0 Å². The van der Waals surface area contributed by atoms with Crippen LogP contribution in [0.25, 0.3) is 22.8 Å². The number of halogens is 1. The zero-order valence-electron chi connectivity index (χ0n) is 13.4. The maximum absolute atomic E-state index is 13.3. The SMILES string of the molecule is N#Cc1cc(-c2nc(-c3cccc(F)c3)no2)ccc1N1CCCC1. The van der Waals surface area contributed by atoms with E-state index in [2.05, 4.69) is 21.1 Å². The quantitative estimate of drug-likeness (QED) is 0.724. The average Bonchev–Trinajstić information content (AvgIpc) is 3.33. The molecule has 3 aromatic rings. The van der Waals surface area contributed by atoms with E-state index < -0.39 is 0 Å². The number of nitriles is 1. The lowest BCUT2D eigenvalue weighted by Crippen LogP contribution is -2.18. The van der Waals surface area contributed by atoms with E-state index in [1.54, 1.807) is 18.2 Å². The van der Waals surface area contributed by atoms with Crippen LogP contribution in [0, 0.1) is 17.1 Å². The van der Waals surface area contributed by atoms with E-state index in [9.17, 15) is 9.65 Å². The molecule has 0 unspecified atom stereocenters. The predicted molar refractivity (Wildman–Crippen MR) is 91.3 cm³/mol. The molecule has 5 nitrogen and oxygen atoms in total. The predicted octanol–water partition coefficient (Wildman–Crippen LogP) is 4.01. The standard InChI is InChI=1S/C19H15FN4O/c20-16-5-3-4-13(11-16)18-22-19(25-23-18)14-6-7-17(15(10-14)12-21)24-8-1-2-9-24/h3-7,10-11H,1-2,8-9H2. The molecule has 0 atom stereocenters. The number of hydrogen-bond donors (Lipinski definition) is 0. The minimum atomic E-state index is -0.356. The summed E-state index contributed by atoms with van der Waals surface area (Å²) in [5, 5.41) is 13.4. The molecule has 0 aliphatic carbocycles. The van der Waals surface area contributed by atoms with Gasteiger partial charge in [0, 0.05) is 24.2 Å². The van der Waals surface area contributed by atoms with Crippen LogP contribution >= 0.6 is 0 Å². The third kappa shape index (κ3) is 2.96. The van der Waals surface area contributed by atoms with Crippen molar-refractivity contribution < 1.29 is 8.91 Å². The van der Waals surface area contributed by atoms with Gasteiger partial charge in [-0.1, -0.05) is 17.3 Å². The molecule has 2 aromatic carbocycles. The zero-order valence-corrected chi connectivity index (χ0v) is 13.4. The largest absolute Gasteiger partial charge is 0.370 e. The van der Waals surface area contributed by atoms with Crippen LogP contribution in [-0.4, -0.2) is 23.2 Å². The van der Waals surface area contributed by atoms with Crippen molar-refractivity contribution in [2.75, 3.05) is 18.0 Å². The summed E-state index contributed by atoms with van der Waals surface area (Å²) in [5.74, 6) is 0.269. The molecule has 1 fully saturated rings. The summed E-state index contributed by atoms with van der Waals surface area (Å²) in [5.41, 5.74) is 2.75. The summed E-state index contributed by atoms with van der Waals surface area (Å²) >= 11 is 0. The lowest BCUT2D eigenvalue weighted by molar-refractivity contribution is 0.432. The Morgan fingerprint density at radius 2 is 1.92 bits per heavy atom. The second-order valence-corrected chi connectivity index (χ2v) is 5.97. The third-order valence-corrected chi connectivity index (χ3v) is 4.32. The third-order valence-electron chi connectivity index (χ3n) is 4.32. The number of hydrogen-bond acceptors (Lipinski definition) is 5. The van der Waals surface area contributed by atoms with Gasteiger partial charge in [0.1, 0.15) is 11.9 Å². The van der Waals surface area contributed by atoms with Gasteiger partial charge in [-0.2, -0.15) is 10.2 Å². The van der Waals surface area contributed by atoms with Gasteiger partial charge >= 0.3 is 0 Å². The van der Waals surface area contributed by atoms with E-state index in [0.717, 1.165) is 31.6 Å². The van der Waals surface area contributed by atoms with Crippen molar-refractivity contribution in [2.45, 2.75) is 12.8 Å². The fourth-order valence-corrected chi connectivity index (χ4v) is 3.08. The molecule has 4 rings (SSSR count). The van der Waals surface area contributed by atoms with Crippen molar-refractivity contribution in [3.8, 4) is 28.9 Å². The monoisotopic (exact) mass is 334 g/mol. The Labute approximate surface area is 144 Å². The maximum Gasteiger partial charge on any atom is 0.258 e. The van der Waals surface area contributed by atoms with Gasteiger partial charge in [0.25, 0.3) is 5.89 Å². The molecule has 25 heavy (non-hydrogen) atoms. The van der Waals surface area contributed by atoms with Gasteiger partial charge in [-0.25, -0.2) is 4.39 Å². The molecule has 6 heteroatoms. The first kappa shape index (κ1) is 15.3. The fourth-order valence-electron chi connectivity index (χ4n) is 3.08. The van der Waals surface area contributed by atoms with Crippen molar-refractivity contribution in [1.82, 2.24) is 10.1 Å². The van der Waals surface area contributed by atoms with Crippen LogP contribution < -0.4 is 4.90 Å². The minimum absolute atomic E-state index is 0.309. The Hall–Kier alpha value is -3.20. The van der Waals surface area contributed by atoms with Crippen molar-refractivity contribution in [1.29, 1.82) is 5.26 Å². The molecular formula is C19H15FN4O. The van der Waals surface area contributed by atoms with Crippen LogP contribution in [-0.2, 0) is 0 Å². The Bertz CT molecular complexity index is 954. The molecule has 0 radical (unpaired) electrons. The molecule has 124 valence electrons. The first-order chi connectivity index (χ1) is 12.2. The molecule has 1 aliphatic rings. The van der Waals surface area contributed by atoms with Crippen LogP contribution in [0.4, 0.5) is 10.1 Å². The highest BCUT2D eigenvalue weighted by Gasteiger charge is 2.18. The van der Waals surface area contributed by atoms with E-state index in [1.807, 2.05) is 12.1 Å². The molecule has 0 spiro atoms. The molecule has 0 bridgehead atoms. The van der Waals surface area contributed by atoms with Crippen LogP contribution in [0.1, 0.15) is 18.4 Å². The zero-order chi connectivity index (χ0) is 17.2. The van der Waals surface area contributed by atoms with Gasteiger partial charge < -0.3 is 9.42 Å². The van der Waals surface area contributed by atoms with Crippen LogP contribution in [0.5, 0.6) is 0 Å². The highest BCUT2D eigenvalue weighted by Crippen LogP contribution is 2.29. The van der Waals surface area contributed by atoms with Gasteiger partial charge in [-0.15, -0.1) is 0 Å². The van der Waals surface area contributed by atoms with E-state index >= 15 is 0 Å². The van der Waals surface area contributed by atoms with Gasteiger partial charge in [0.05, 0.1) is 11.3 Å². The van der Waals surface area contributed by atoms with Crippen molar-refractivity contribution >= 4 is 5.69 Å². The summed E-state index contributed by atoms with van der Waals surface area (Å²) in [7, 11) is 0. The highest BCUT2D eigenvalue weighted by atomic mass is 19.1. The molecular weight excluding hydrogens is 319 g/mol. The number of nitrogens with zero attached hydrogens (tertiary/aromatic N) is 4. The van der Waals surface area contributed by atoms with Crippen LogP contribution in [0.15, 0.2) is 47.0 Å². The number of rotatable bonds is 3. The minimum Gasteiger partial charge on any atom is -0.370 e. The lowest BCUT2D eigenvalue weighted by atomic mass is 10.1. The molecule has 1 aromatic heterocycles. The smallest absolute Gasteiger partial charge is 0.258 e. The fraction of sp³-hybridized carbons (Fsp3) is 0.211. The molecule has 0 amide bonds. The topological polar surface area (TPSA) is 66.0 Å². The van der Waals surface area contributed by atoms with Crippen LogP contribution in [0.3, 0.4) is 0 Å². The second-order valence-electron chi connectivity index (χ2n) is 5.97. The van der Waals surface area contributed by atoms with Gasteiger partial charge in [-0.05, 0) is 43.2 Å². The lowest BCUT2D eigenvalue weighted by Gasteiger charge is -2.19. The van der Waals surface area contributed by atoms with Crippen molar-refractivity contribution in [3.05, 3.63) is 53.8 Å². The van der Waals surface area contributed by atoms with E-state index in [4.69, 9.17) is 4.52 Å². The number of benzene rings is 2. The number of aromatic nitrogens is 2. The molecule has 0 N–H and O–H groups in total. The Balaban J connectivity index is 1.67. The summed E-state index contributed by atoms with van der Waals surface area (Å²) < 4.78 is 18.6. The maximum atomic E-state index is 13.3. The van der Waals surface area contributed by atoms with E-state index in [0.29, 0.717) is 28.4 Å². The van der Waals surface area contributed by atoms with Gasteiger partial charge in [-0.3, -0.25) is 0 Å². The summed E-state index contributed by atoms with van der Waals surface area (Å²) in [6, 6.07) is 13.8. The molecule has 1 saturated heterocycles. The Morgan fingerprint density at radius 3 is 2.68 bits per heavy atom. The summed E-state index contributed by atoms with van der Waals surface area (Å²) in [4.78, 5) is 6.54. The van der Waals surface area contributed by atoms with E-state index in [-0.39, 0.29) is 5.82 Å². The normalized spacial score (nSPS) is 13.8. The Morgan fingerprint density at radius 1 is 1.08 bits per heavy atom. The molecule has 0 saturated carbocycles. The van der Waals surface area contributed by atoms with E-state index in [1.165, 1.54) is 12.1 Å². The second kappa shape index (κ2) is 6.36. The molecule has 2 heterocycles. The summed E-state index contributed by atoms with van der Waals surface area (Å²) in [6.45, 7) is 1.94. The first-order valence-corrected chi connectivity index (χ1v) is 8.14. The highest BCUT2D eigenvalue weighted by molar-refractivity contribution is 5.68. The summed E-state index contributed by atoms with van der Waals surface area (Å²) in [6.07, 6.45) is 2.29. The average molecular weight is 334 g/mol. The van der Waals surface area contributed by atoms with Gasteiger partial charge in [0.2, 0.25) is 5.82 Å². The number of anilines is 1. The van der Waals surface area contributed by atoms with Gasteiger partial charge in [0.15, 0.2) is 0 Å². The van der Waals surface area contributed by atoms with Crippen molar-refractivity contribution in [3.63, 3.8) is 0 Å². The first-order valence-electron chi connectivity index (χ1n) is 8.14.